The smallest absolute Gasteiger partial charge is 0.335 e. The van der Waals surface area contributed by atoms with Gasteiger partial charge in [-0.05, 0) is 40.2 Å². The summed E-state index contributed by atoms with van der Waals surface area (Å²) in [4.78, 5) is 16.7. The van der Waals surface area contributed by atoms with E-state index in [4.69, 9.17) is 0 Å². The molecule has 30 heavy (non-hydrogen) atoms. The molecule has 0 spiro atoms. The Morgan fingerprint density at radius 1 is 1.13 bits per heavy atom. The normalized spacial score (nSPS) is 15.6. The summed E-state index contributed by atoms with van der Waals surface area (Å²) in [5.41, 5.74) is 0.746. The average Bonchev–Trinajstić information content (AvgIpc) is 3.12. The van der Waals surface area contributed by atoms with E-state index in [2.05, 4.69) is 20.9 Å². The highest BCUT2D eigenvalue weighted by atomic mass is 79.9. The molecule has 158 valence electrons. The largest absolute Gasteiger partial charge is 0.478 e. The van der Waals surface area contributed by atoms with Crippen LogP contribution in [-0.4, -0.2) is 55.0 Å². The second kappa shape index (κ2) is 7.84. The minimum atomic E-state index is -4.31. The quantitative estimate of drug-likeness (QED) is 0.569. The number of thiazole rings is 1. The number of aromatic carboxylic acids is 1. The van der Waals surface area contributed by atoms with Gasteiger partial charge in [-0.2, -0.15) is 4.31 Å². The lowest BCUT2D eigenvalue weighted by Gasteiger charge is -2.33. The maximum absolute atomic E-state index is 14.0. The molecule has 0 amide bonds. The van der Waals surface area contributed by atoms with Crippen LogP contribution in [-0.2, 0) is 10.0 Å². The van der Waals surface area contributed by atoms with Crippen LogP contribution in [0.1, 0.15) is 10.4 Å². The van der Waals surface area contributed by atoms with E-state index in [1.54, 1.807) is 0 Å². The molecule has 0 saturated carbocycles. The number of piperazine rings is 1. The van der Waals surface area contributed by atoms with Gasteiger partial charge in [0.15, 0.2) is 10.0 Å². The number of halogens is 3. The summed E-state index contributed by atoms with van der Waals surface area (Å²) in [6.07, 6.45) is 0. The van der Waals surface area contributed by atoms with Gasteiger partial charge >= 0.3 is 5.97 Å². The molecular weight excluding hydrogens is 504 g/mol. The number of carboxylic acid groups (broad SMARTS) is 1. The summed E-state index contributed by atoms with van der Waals surface area (Å²) < 4.78 is 55.7. The van der Waals surface area contributed by atoms with Crippen LogP contribution in [0.15, 0.2) is 39.7 Å². The first kappa shape index (κ1) is 21.1. The van der Waals surface area contributed by atoms with Gasteiger partial charge in [-0.1, -0.05) is 17.4 Å². The van der Waals surface area contributed by atoms with Crippen LogP contribution in [0.3, 0.4) is 0 Å². The lowest BCUT2D eigenvalue weighted by molar-refractivity contribution is 0.0697. The highest BCUT2D eigenvalue weighted by Crippen LogP contribution is 2.35. The van der Waals surface area contributed by atoms with E-state index in [9.17, 15) is 27.1 Å². The topological polar surface area (TPSA) is 90.8 Å². The molecule has 1 saturated heterocycles. The van der Waals surface area contributed by atoms with Gasteiger partial charge in [0.05, 0.1) is 15.8 Å². The van der Waals surface area contributed by atoms with Crippen molar-refractivity contribution in [2.45, 2.75) is 4.90 Å². The molecule has 2 aromatic carbocycles. The Balaban J connectivity index is 1.56. The number of rotatable bonds is 4. The van der Waals surface area contributed by atoms with Crippen LogP contribution >= 0.6 is 27.3 Å². The Labute approximate surface area is 182 Å². The van der Waals surface area contributed by atoms with Crippen LogP contribution < -0.4 is 4.90 Å². The second-order valence-electron chi connectivity index (χ2n) is 6.55. The van der Waals surface area contributed by atoms with Crippen LogP contribution in [0.4, 0.5) is 13.9 Å². The van der Waals surface area contributed by atoms with E-state index in [0.29, 0.717) is 19.8 Å². The van der Waals surface area contributed by atoms with Crippen LogP contribution in [0.2, 0.25) is 0 Å². The van der Waals surface area contributed by atoms with Crippen molar-refractivity contribution in [3.05, 3.63) is 52.0 Å². The van der Waals surface area contributed by atoms with Crippen molar-refractivity contribution in [2.75, 3.05) is 31.1 Å². The first-order valence-corrected chi connectivity index (χ1v) is 11.8. The summed E-state index contributed by atoms with van der Waals surface area (Å²) in [5.74, 6) is -3.29. The Morgan fingerprint density at radius 2 is 1.77 bits per heavy atom. The van der Waals surface area contributed by atoms with Gasteiger partial charge in [0.1, 0.15) is 11.6 Å². The number of sulfonamides is 1. The standard InChI is InChI=1S/C18H14BrF2N3O4S2/c19-11-8-10(17(25)26)9-14-15(11)22-18(29-14)23-4-6-24(7-5-23)30(27,28)16-12(20)2-1-3-13(16)21/h1-3,8-9H,4-7H2,(H,25,26). The SMILES string of the molecule is O=C(O)c1cc(Br)c2nc(N3CCN(S(=O)(=O)c4c(F)cccc4F)CC3)sc2c1. The fourth-order valence-electron chi connectivity index (χ4n) is 3.21. The Kier molecular flexibility index (Phi) is 5.51. The number of fused-ring (bicyclic) bond motifs is 1. The molecule has 0 unspecified atom stereocenters. The minimum absolute atomic E-state index is 0.0353. The maximum atomic E-state index is 14.0. The lowest BCUT2D eigenvalue weighted by Crippen LogP contribution is -2.49. The third-order valence-electron chi connectivity index (χ3n) is 4.71. The van der Waals surface area contributed by atoms with Crippen molar-refractivity contribution >= 4 is 58.6 Å². The molecule has 0 bridgehead atoms. The average molecular weight is 518 g/mol. The highest BCUT2D eigenvalue weighted by Gasteiger charge is 2.33. The number of nitrogens with zero attached hydrogens (tertiary/aromatic N) is 3. The maximum Gasteiger partial charge on any atom is 0.335 e. The summed E-state index contributed by atoms with van der Waals surface area (Å²) in [6, 6.07) is 5.95. The third-order valence-corrected chi connectivity index (χ3v) is 8.33. The number of hydrogen-bond donors (Lipinski definition) is 1. The number of carbonyl (C=O) groups is 1. The molecule has 7 nitrogen and oxygen atoms in total. The molecule has 2 heterocycles. The van der Waals surface area contributed by atoms with Crippen molar-refractivity contribution in [1.82, 2.24) is 9.29 Å². The van der Waals surface area contributed by atoms with Crippen molar-refractivity contribution in [3.8, 4) is 0 Å². The molecule has 0 atom stereocenters. The van der Waals surface area contributed by atoms with Gasteiger partial charge in [-0.25, -0.2) is 27.0 Å². The Bertz CT molecular complexity index is 1240. The molecule has 1 aliphatic heterocycles. The molecule has 1 aliphatic rings. The predicted octanol–water partition coefficient (Wildman–Crippen LogP) is 3.55. The Morgan fingerprint density at radius 3 is 2.37 bits per heavy atom. The van der Waals surface area contributed by atoms with Crippen LogP contribution in [0.5, 0.6) is 0 Å². The third kappa shape index (κ3) is 3.68. The van der Waals surface area contributed by atoms with Gasteiger partial charge in [-0.15, -0.1) is 0 Å². The van der Waals surface area contributed by atoms with E-state index in [1.165, 1.54) is 23.5 Å². The first-order chi connectivity index (χ1) is 14.2. The van der Waals surface area contributed by atoms with Gasteiger partial charge in [0, 0.05) is 30.7 Å². The number of anilines is 1. The van der Waals surface area contributed by atoms with E-state index in [0.717, 1.165) is 22.5 Å². The van der Waals surface area contributed by atoms with Crippen molar-refractivity contribution in [2.24, 2.45) is 0 Å². The molecule has 3 aromatic rings. The molecule has 1 fully saturated rings. The van der Waals surface area contributed by atoms with Crippen molar-refractivity contribution < 1.29 is 27.1 Å². The molecule has 1 aromatic heterocycles. The van der Waals surface area contributed by atoms with E-state index < -0.39 is 32.5 Å². The first-order valence-electron chi connectivity index (χ1n) is 8.71. The zero-order valence-electron chi connectivity index (χ0n) is 15.2. The fourth-order valence-corrected chi connectivity index (χ4v) is 6.51. The monoisotopic (exact) mass is 517 g/mol. The van der Waals surface area contributed by atoms with Gasteiger partial charge in [0.2, 0.25) is 10.0 Å². The van der Waals surface area contributed by atoms with E-state index in [-0.39, 0.29) is 31.7 Å². The van der Waals surface area contributed by atoms with E-state index >= 15 is 0 Å². The lowest BCUT2D eigenvalue weighted by atomic mass is 10.2. The summed E-state index contributed by atoms with van der Waals surface area (Å²) in [6.45, 7) is 0.623. The minimum Gasteiger partial charge on any atom is -0.478 e. The number of benzene rings is 2. The summed E-state index contributed by atoms with van der Waals surface area (Å²) >= 11 is 4.63. The molecular formula is C18H14BrF2N3O4S2. The summed E-state index contributed by atoms with van der Waals surface area (Å²) in [7, 11) is -4.31. The summed E-state index contributed by atoms with van der Waals surface area (Å²) in [5, 5.41) is 9.81. The zero-order chi connectivity index (χ0) is 21.6. The number of aromatic nitrogens is 1. The zero-order valence-corrected chi connectivity index (χ0v) is 18.4. The van der Waals surface area contributed by atoms with Crippen molar-refractivity contribution in [1.29, 1.82) is 0 Å². The van der Waals surface area contributed by atoms with Crippen molar-refractivity contribution in [3.63, 3.8) is 0 Å². The van der Waals surface area contributed by atoms with Gasteiger partial charge < -0.3 is 10.0 Å². The number of hydrogen-bond acceptors (Lipinski definition) is 6. The highest BCUT2D eigenvalue weighted by molar-refractivity contribution is 9.10. The second-order valence-corrected chi connectivity index (χ2v) is 10.3. The van der Waals surface area contributed by atoms with Gasteiger partial charge in [0.25, 0.3) is 0 Å². The van der Waals surface area contributed by atoms with Gasteiger partial charge in [-0.3, -0.25) is 0 Å². The fraction of sp³-hybridized carbons (Fsp3) is 0.222. The molecule has 0 aliphatic carbocycles. The van der Waals surface area contributed by atoms with Crippen LogP contribution in [0.25, 0.3) is 10.2 Å². The molecule has 12 heteroatoms. The molecule has 4 rings (SSSR count). The predicted molar refractivity (Wildman–Crippen MR) is 112 cm³/mol. The molecule has 1 N–H and O–H groups in total. The number of carboxylic acids is 1. The Hall–Kier alpha value is -2.15. The van der Waals surface area contributed by atoms with E-state index in [1.807, 2.05) is 4.90 Å². The molecule has 0 radical (unpaired) electrons. The van der Waals surface area contributed by atoms with Crippen LogP contribution in [0, 0.1) is 11.6 Å².